The van der Waals surface area contributed by atoms with Crippen molar-refractivity contribution in [2.75, 3.05) is 6.54 Å². The Morgan fingerprint density at radius 2 is 2.32 bits per heavy atom. The minimum Gasteiger partial charge on any atom is -0.313 e. The standard InChI is InChI=1S/C14H19N5/c1-19-10-17-14(18-19)9-16-13-6-7-15-8-11-4-2-3-5-12(11)13/h2-5,10,13,15-16H,6-9H2,1H3. The summed E-state index contributed by atoms with van der Waals surface area (Å²) in [7, 11) is 1.89. The van der Waals surface area contributed by atoms with Crippen molar-refractivity contribution in [3.63, 3.8) is 0 Å². The van der Waals surface area contributed by atoms with Crippen molar-refractivity contribution in [2.45, 2.75) is 25.6 Å². The molecule has 2 aromatic rings. The number of rotatable bonds is 3. The summed E-state index contributed by atoms with van der Waals surface area (Å²) >= 11 is 0. The number of hydrogen-bond acceptors (Lipinski definition) is 4. The molecular weight excluding hydrogens is 238 g/mol. The topological polar surface area (TPSA) is 54.8 Å². The fraction of sp³-hybridized carbons (Fsp3) is 0.429. The van der Waals surface area contributed by atoms with Crippen molar-refractivity contribution in [1.82, 2.24) is 25.4 Å². The van der Waals surface area contributed by atoms with Gasteiger partial charge in [0.15, 0.2) is 5.82 Å². The third-order valence-corrected chi connectivity index (χ3v) is 3.51. The number of fused-ring (bicyclic) bond motifs is 1. The summed E-state index contributed by atoms with van der Waals surface area (Å²) in [5, 5.41) is 11.3. The molecule has 0 aliphatic carbocycles. The summed E-state index contributed by atoms with van der Waals surface area (Å²) in [5.74, 6) is 0.845. The van der Waals surface area contributed by atoms with Crippen LogP contribution in [0.1, 0.15) is 29.4 Å². The van der Waals surface area contributed by atoms with Crippen LogP contribution in [-0.4, -0.2) is 21.3 Å². The molecule has 0 saturated heterocycles. The summed E-state index contributed by atoms with van der Waals surface area (Å²) in [6.07, 6.45) is 2.82. The lowest BCUT2D eigenvalue weighted by Crippen LogP contribution is -2.23. The van der Waals surface area contributed by atoms with Gasteiger partial charge in [-0.15, -0.1) is 0 Å². The van der Waals surface area contributed by atoms with E-state index in [0.717, 1.165) is 25.3 Å². The van der Waals surface area contributed by atoms with Crippen LogP contribution >= 0.6 is 0 Å². The lowest BCUT2D eigenvalue weighted by molar-refractivity contribution is 0.486. The van der Waals surface area contributed by atoms with Gasteiger partial charge in [0.1, 0.15) is 6.33 Å². The van der Waals surface area contributed by atoms with Gasteiger partial charge in [-0.2, -0.15) is 5.10 Å². The lowest BCUT2D eigenvalue weighted by atomic mass is 9.99. The van der Waals surface area contributed by atoms with E-state index in [4.69, 9.17) is 0 Å². The maximum absolute atomic E-state index is 4.30. The molecular formula is C14H19N5. The highest BCUT2D eigenvalue weighted by atomic mass is 15.3. The van der Waals surface area contributed by atoms with Gasteiger partial charge in [-0.3, -0.25) is 4.68 Å². The zero-order valence-electron chi connectivity index (χ0n) is 11.1. The van der Waals surface area contributed by atoms with Crippen LogP contribution in [0.15, 0.2) is 30.6 Å². The third-order valence-electron chi connectivity index (χ3n) is 3.51. The van der Waals surface area contributed by atoms with Gasteiger partial charge >= 0.3 is 0 Å². The molecule has 1 atom stereocenters. The van der Waals surface area contributed by atoms with Gasteiger partial charge in [-0.05, 0) is 24.1 Å². The molecule has 5 heteroatoms. The Morgan fingerprint density at radius 3 is 3.16 bits per heavy atom. The Labute approximate surface area is 113 Å². The van der Waals surface area contributed by atoms with Crippen LogP contribution in [-0.2, 0) is 20.1 Å². The quantitative estimate of drug-likeness (QED) is 0.866. The minimum absolute atomic E-state index is 0.370. The first-order valence-electron chi connectivity index (χ1n) is 6.69. The van der Waals surface area contributed by atoms with Crippen molar-refractivity contribution in [3.05, 3.63) is 47.5 Å². The molecule has 0 radical (unpaired) electrons. The van der Waals surface area contributed by atoms with Crippen molar-refractivity contribution >= 4 is 0 Å². The number of hydrogen-bond donors (Lipinski definition) is 2. The van der Waals surface area contributed by atoms with Gasteiger partial charge in [-0.1, -0.05) is 24.3 Å². The van der Waals surface area contributed by atoms with Crippen LogP contribution in [0.2, 0.25) is 0 Å². The first-order chi connectivity index (χ1) is 9.33. The Bertz CT molecular complexity index is 548. The zero-order chi connectivity index (χ0) is 13.1. The minimum atomic E-state index is 0.370. The van der Waals surface area contributed by atoms with Crippen LogP contribution in [0.5, 0.6) is 0 Å². The van der Waals surface area contributed by atoms with Crippen molar-refractivity contribution in [2.24, 2.45) is 7.05 Å². The summed E-state index contributed by atoms with van der Waals surface area (Å²) < 4.78 is 1.74. The molecule has 19 heavy (non-hydrogen) atoms. The second kappa shape index (κ2) is 5.50. The Hall–Kier alpha value is -1.72. The normalized spacial score (nSPS) is 18.9. The average molecular weight is 257 g/mol. The lowest BCUT2D eigenvalue weighted by Gasteiger charge is -2.18. The van der Waals surface area contributed by atoms with Crippen molar-refractivity contribution < 1.29 is 0 Å². The van der Waals surface area contributed by atoms with E-state index in [-0.39, 0.29) is 0 Å². The summed E-state index contributed by atoms with van der Waals surface area (Å²) in [4.78, 5) is 4.25. The van der Waals surface area contributed by atoms with E-state index >= 15 is 0 Å². The van der Waals surface area contributed by atoms with Gasteiger partial charge in [-0.25, -0.2) is 4.98 Å². The van der Waals surface area contributed by atoms with Gasteiger partial charge < -0.3 is 10.6 Å². The molecule has 1 aromatic carbocycles. The molecule has 3 rings (SSSR count). The van der Waals surface area contributed by atoms with E-state index in [0.29, 0.717) is 12.6 Å². The van der Waals surface area contributed by atoms with Crippen LogP contribution in [0.4, 0.5) is 0 Å². The molecule has 0 saturated carbocycles. The van der Waals surface area contributed by atoms with E-state index < -0.39 is 0 Å². The fourth-order valence-electron chi connectivity index (χ4n) is 2.55. The first kappa shape index (κ1) is 12.3. The number of nitrogens with zero attached hydrogens (tertiary/aromatic N) is 3. The van der Waals surface area contributed by atoms with Gasteiger partial charge in [0, 0.05) is 19.6 Å². The SMILES string of the molecule is Cn1cnc(CNC2CCNCc3ccccc32)n1. The maximum atomic E-state index is 4.30. The predicted octanol–water partition coefficient (Wildman–Crippen LogP) is 1.14. The molecule has 0 bridgehead atoms. The number of aromatic nitrogens is 3. The molecule has 2 N–H and O–H groups in total. The molecule has 1 unspecified atom stereocenters. The Kier molecular flexibility index (Phi) is 3.57. The van der Waals surface area contributed by atoms with E-state index in [1.54, 1.807) is 11.0 Å². The van der Waals surface area contributed by atoms with Gasteiger partial charge in [0.2, 0.25) is 0 Å². The molecule has 5 nitrogen and oxygen atoms in total. The highest BCUT2D eigenvalue weighted by molar-refractivity contribution is 5.31. The molecule has 0 fully saturated rings. The number of aryl methyl sites for hydroxylation is 1. The van der Waals surface area contributed by atoms with Crippen LogP contribution in [0, 0.1) is 0 Å². The highest BCUT2D eigenvalue weighted by Gasteiger charge is 2.17. The van der Waals surface area contributed by atoms with E-state index in [2.05, 4.69) is 45.0 Å². The second-order valence-corrected chi connectivity index (χ2v) is 4.93. The molecule has 1 aliphatic heterocycles. The van der Waals surface area contributed by atoms with E-state index in [9.17, 15) is 0 Å². The first-order valence-corrected chi connectivity index (χ1v) is 6.69. The number of benzene rings is 1. The predicted molar refractivity (Wildman–Crippen MR) is 73.3 cm³/mol. The van der Waals surface area contributed by atoms with Crippen molar-refractivity contribution in [1.29, 1.82) is 0 Å². The largest absolute Gasteiger partial charge is 0.313 e. The fourth-order valence-corrected chi connectivity index (χ4v) is 2.55. The molecule has 0 spiro atoms. The highest BCUT2D eigenvalue weighted by Crippen LogP contribution is 2.23. The van der Waals surface area contributed by atoms with Crippen molar-refractivity contribution in [3.8, 4) is 0 Å². The third kappa shape index (κ3) is 2.83. The summed E-state index contributed by atoms with van der Waals surface area (Å²) in [5.41, 5.74) is 2.77. The molecule has 100 valence electrons. The average Bonchev–Trinajstić information content (AvgIpc) is 2.73. The monoisotopic (exact) mass is 257 g/mol. The zero-order valence-corrected chi connectivity index (χ0v) is 11.1. The molecule has 1 aromatic heterocycles. The van der Waals surface area contributed by atoms with Crippen LogP contribution in [0.25, 0.3) is 0 Å². The van der Waals surface area contributed by atoms with Crippen LogP contribution < -0.4 is 10.6 Å². The Balaban J connectivity index is 1.73. The second-order valence-electron chi connectivity index (χ2n) is 4.93. The maximum Gasteiger partial charge on any atom is 0.164 e. The van der Waals surface area contributed by atoms with Crippen LogP contribution in [0.3, 0.4) is 0 Å². The molecule has 1 aliphatic rings. The summed E-state index contributed by atoms with van der Waals surface area (Å²) in [6, 6.07) is 8.99. The smallest absolute Gasteiger partial charge is 0.164 e. The van der Waals surface area contributed by atoms with Gasteiger partial charge in [0.25, 0.3) is 0 Å². The Morgan fingerprint density at radius 1 is 1.42 bits per heavy atom. The number of nitrogens with one attached hydrogen (secondary N) is 2. The van der Waals surface area contributed by atoms with Gasteiger partial charge in [0.05, 0.1) is 6.54 Å². The van der Waals surface area contributed by atoms with E-state index in [1.807, 2.05) is 7.05 Å². The molecule has 2 heterocycles. The van der Waals surface area contributed by atoms with E-state index in [1.165, 1.54) is 11.1 Å². The molecule has 0 amide bonds. The summed E-state index contributed by atoms with van der Waals surface area (Å²) in [6.45, 7) is 2.69.